The Kier molecular flexibility index (Phi) is 5.59. The third-order valence-corrected chi connectivity index (χ3v) is 3.98. The summed E-state index contributed by atoms with van der Waals surface area (Å²) in [6.45, 7) is 0. The van der Waals surface area contributed by atoms with Crippen LogP contribution >= 0.6 is 0 Å². The Morgan fingerprint density at radius 2 is 1.62 bits per heavy atom. The topological polar surface area (TPSA) is 52.9 Å². The number of para-hydroxylation sites is 1. The van der Waals surface area contributed by atoms with Crippen LogP contribution in [0.15, 0.2) is 84.9 Å². The first-order chi connectivity index (χ1) is 12.7. The minimum atomic E-state index is -0.185. The first-order valence-electron chi connectivity index (χ1n) is 8.35. The van der Waals surface area contributed by atoms with Crippen molar-refractivity contribution in [2.24, 2.45) is 0 Å². The van der Waals surface area contributed by atoms with Gasteiger partial charge in [-0.05, 0) is 47.4 Å². The Balaban J connectivity index is 1.69. The number of nitrogens with one attached hydrogen (secondary N) is 1. The molecule has 0 aliphatic heterocycles. The molecule has 0 aliphatic rings. The standard InChI is InChI=1S/C23H18N2O/c24-17-20-12-10-18(11-13-20)14-15-23(26)25-22-9-5-4-8-21(22)16-19-6-2-1-3-7-19/h1-15H,16H2,(H,25,26)/b15-14+. The van der Waals surface area contributed by atoms with Crippen LogP contribution < -0.4 is 5.32 Å². The number of carbonyl (C=O) groups excluding carboxylic acids is 1. The quantitative estimate of drug-likeness (QED) is 0.679. The second kappa shape index (κ2) is 8.46. The Morgan fingerprint density at radius 1 is 0.923 bits per heavy atom. The van der Waals surface area contributed by atoms with E-state index in [1.54, 1.807) is 18.2 Å². The predicted octanol–water partition coefficient (Wildman–Crippen LogP) is 4.80. The highest BCUT2D eigenvalue weighted by Gasteiger charge is 2.05. The molecule has 0 heterocycles. The van der Waals surface area contributed by atoms with E-state index in [-0.39, 0.29) is 5.91 Å². The number of amides is 1. The van der Waals surface area contributed by atoms with Crippen LogP contribution in [0, 0.1) is 11.3 Å². The van der Waals surface area contributed by atoms with E-state index in [2.05, 4.69) is 23.5 Å². The Labute approximate surface area is 153 Å². The fraction of sp³-hybridized carbons (Fsp3) is 0.0435. The van der Waals surface area contributed by atoms with E-state index in [1.807, 2.05) is 54.6 Å². The number of hydrogen-bond acceptors (Lipinski definition) is 2. The van der Waals surface area contributed by atoms with Crippen LogP contribution in [0.2, 0.25) is 0 Å². The van der Waals surface area contributed by atoms with Crippen LogP contribution in [0.1, 0.15) is 22.3 Å². The van der Waals surface area contributed by atoms with Crippen molar-refractivity contribution in [2.45, 2.75) is 6.42 Å². The van der Waals surface area contributed by atoms with E-state index in [4.69, 9.17) is 5.26 Å². The van der Waals surface area contributed by atoms with E-state index < -0.39 is 0 Å². The molecule has 0 spiro atoms. The summed E-state index contributed by atoms with van der Waals surface area (Å²) in [5, 5.41) is 11.8. The normalized spacial score (nSPS) is 10.4. The number of nitriles is 1. The molecule has 0 unspecified atom stereocenters. The average Bonchev–Trinajstić information content (AvgIpc) is 2.69. The number of anilines is 1. The van der Waals surface area contributed by atoms with Crippen LogP contribution in [0.3, 0.4) is 0 Å². The summed E-state index contributed by atoms with van der Waals surface area (Å²) in [6.07, 6.45) is 3.99. The van der Waals surface area contributed by atoms with Crippen molar-refractivity contribution in [3.8, 4) is 6.07 Å². The smallest absolute Gasteiger partial charge is 0.248 e. The van der Waals surface area contributed by atoms with E-state index >= 15 is 0 Å². The van der Waals surface area contributed by atoms with Crippen LogP contribution in [0.5, 0.6) is 0 Å². The maximum atomic E-state index is 12.3. The summed E-state index contributed by atoms with van der Waals surface area (Å²) in [4.78, 5) is 12.3. The molecule has 0 saturated carbocycles. The number of nitrogens with zero attached hydrogens (tertiary/aromatic N) is 1. The van der Waals surface area contributed by atoms with Crippen LogP contribution in [-0.4, -0.2) is 5.91 Å². The molecule has 0 aliphatic carbocycles. The zero-order valence-corrected chi connectivity index (χ0v) is 14.2. The van der Waals surface area contributed by atoms with Gasteiger partial charge >= 0.3 is 0 Å². The minimum absolute atomic E-state index is 0.185. The van der Waals surface area contributed by atoms with Gasteiger partial charge < -0.3 is 5.32 Å². The van der Waals surface area contributed by atoms with Gasteiger partial charge in [-0.3, -0.25) is 4.79 Å². The summed E-state index contributed by atoms with van der Waals surface area (Å²) < 4.78 is 0. The first kappa shape index (κ1) is 17.2. The Hall–Kier alpha value is -3.64. The maximum absolute atomic E-state index is 12.3. The first-order valence-corrected chi connectivity index (χ1v) is 8.35. The molecule has 3 heteroatoms. The highest BCUT2D eigenvalue weighted by Crippen LogP contribution is 2.19. The molecule has 0 saturated heterocycles. The lowest BCUT2D eigenvalue weighted by Gasteiger charge is -2.10. The molecule has 3 aromatic carbocycles. The van der Waals surface area contributed by atoms with Gasteiger partial charge in [-0.1, -0.05) is 60.7 Å². The lowest BCUT2D eigenvalue weighted by Crippen LogP contribution is -2.10. The van der Waals surface area contributed by atoms with Gasteiger partial charge in [-0.2, -0.15) is 5.26 Å². The molecule has 0 fully saturated rings. The van der Waals surface area contributed by atoms with E-state index in [0.29, 0.717) is 5.56 Å². The van der Waals surface area contributed by atoms with Crippen molar-refractivity contribution in [3.05, 3.63) is 107 Å². The van der Waals surface area contributed by atoms with Crippen LogP contribution in [0.4, 0.5) is 5.69 Å². The molecule has 126 valence electrons. The number of benzene rings is 3. The van der Waals surface area contributed by atoms with Crippen molar-refractivity contribution in [3.63, 3.8) is 0 Å². The van der Waals surface area contributed by atoms with Gasteiger partial charge in [0.1, 0.15) is 0 Å². The van der Waals surface area contributed by atoms with Crippen molar-refractivity contribution in [1.82, 2.24) is 0 Å². The SMILES string of the molecule is N#Cc1ccc(/C=C/C(=O)Nc2ccccc2Cc2ccccc2)cc1. The summed E-state index contributed by atoms with van der Waals surface area (Å²) in [5.74, 6) is -0.185. The minimum Gasteiger partial charge on any atom is -0.322 e. The molecular formula is C23H18N2O. The fourth-order valence-corrected chi connectivity index (χ4v) is 2.63. The second-order valence-electron chi connectivity index (χ2n) is 5.88. The van der Waals surface area contributed by atoms with Crippen molar-refractivity contribution in [2.75, 3.05) is 5.32 Å². The largest absolute Gasteiger partial charge is 0.322 e. The third kappa shape index (κ3) is 4.68. The molecule has 3 aromatic rings. The van der Waals surface area contributed by atoms with Crippen molar-refractivity contribution in [1.29, 1.82) is 5.26 Å². The maximum Gasteiger partial charge on any atom is 0.248 e. The zero-order chi connectivity index (χ0) is 18.2. The van der Waals surface area contributed by atoms with Gasteiger partial charge in [-0.25, -0.2) is 0 Å². The zero-order valence-electron chi connectivity index (χ0n) is 14.2. The van der Waals surface area contributed by atoms with Crippen molar-refractivity contribution < 1.29 is 4.79 Å². The molecule has 0 atom stereocenters. The lowest BCUT2D eigenvalue weighted by molar-refractivity contribution is -0.111. The van der Waals surface area contributed by atoms with E-state index in [1.165, 1.54) is 11.6 Å². The highest BCUT2D eigenvalue weighted by atomic mass is 16.1. The van der Waals surface area contributed by atoms with Gasteiger partial charge in [0.25, 0.3) is 0 Å². The molecule has 0 aromatic heterocycles. The number of hydrogen-bond donors (Lipinski definition) is 1. The Morgan fingerprint density at radius 3 is 2.35 bits per heavy atom. The summed E-state index contributed by atoms with van der Waals surface area (Å²) in [7, 11) is 0. The lowest BCUT2D eigenvalue weighted by atomic mass is 10.0. The molecule has 3 nitrogen and oxygen atoms in total. The molecule has 1 amide bonds. The Bertz CT molecular complexity index is 952. The second-order valence-corrected chi connectivity index (χ2v) is 5.88. The molecular weight excluding hydrogens is 320 g/mol. The van der Waals surface area contributed by atoms with Crippen LogP contribution in [0.25, 0.3) is 6.08 Å². The fourth-order valence-electron chi connectivity index (χ4n) is 2.63. The van der Waals surface area contributed by atoms with Gasteiger partial charge in [0.05, 0.1) is 11.6 Å². The number of carbonyl (C=O) groups is 1. The monoisotopic (exact) mass is 338 g/mol. The summed E-state index contributed by atoms with van der Waals surface area (Å²) in [5.41, 5.74) is 4.55. The summed E-state index contributed by atoms with van der Waals surface area (Å²) in [6, 6.07) is 27.1. The van der Waals surface area contributed by atoms with Gasteiger partial charge in [0.15, 0.2) is 0 Å². The summed E-state index contributed by atoms with van der Waals surface area (Å²) >= 11 is 0. The van der Waals surface area contributed by atoms with E-state index in [0.717, 1.165) is 23.2 Å². The molecule has 3 rings (SSSR count). The highest BCUT2D eigenvalue weighted by molar-refractivity contribution is 6.02. The molecule has 1 N–H and O–H groups in total. The molecule has 0 bridgehead atoms. The van der Waals surface area contributed by atoms with Gasteiger partial charge in [-0.15, -0.1) is 0 Å². The molecule has 26 heavy (non-hydrogen) atoms. The molecule has 0 radical (unpaired) electrons. The van der Waals surface area contributed by atoms with Crippen LogP contribution in [-0.2, 0) is 11.2 Å². The van der Waals surface area contributed by atoms with Gasteiger partial charge in [0.2, 0.25) is 5.91 Å². The van der Waals surface area contributed by atoms with E-state index in [9.17, 15) is 4.79 Å². The van der Waals surface area contributed by atoms with Gasteiger partial charge in [0, 0.05) is 11.8 Å². The predicted molar refractivity (Wildman–Crippen MR) is 105 cm³/mol. The third-order valence-electron chi connectivity index (χ3n) is 3.98. The van der Waals surface area contributed by atoms with Crippen molar-refractivity contribution >= 4 is 17.7 Å². The average molecular weight is 338 g/mol. The number of rotatable bonds is 5.